The summed E-state index contributed by atoms with van der Waals surface area (Å²) < 4.78 is 120. The largest absolute Gasteiger partial charge is 0.393 e. The first-order valence-corrected chi connectivity index (χ1v) is 40.9. The third kappa shape index (κ3) is 14.3. The molecule has 580 valence electrons. The van der Waals surface area contributed by atoms with Crippen molar-refractivity contribution in [1.29, 1.82) is 0 Å². The number of ketones is 2. The maximum absolute atomic E-state index is 14.1. The number of fused-ring (bicyclic) bond motifs is 12. The van der Waals surface area contributed by atoms with Crippen molar-refractivity contribution in [3.05, 3.63) is 48.6 Å². The fraction of sp³-hybridized carbons (Fsp3) is 0.878. The van der Waals surface area contributed by atoms with Crippen molar-refractivity contribution in [2.45, 2.75) is 414 Å². The van der Waals surface area contributed by atoms with E-state index in [0.29, 0.717) is 102 Å². The number of ether oxygens (including phenoxy) is 18. The number of hydrogen-bond donors (Lipinski definition) is 2. The second-order valence-corrected chi connectivity index (χ2v) is 35.2. The summed E-state index contributed by atoms with van der Waals surface area (Å²) in [6, 6.07) is 0. The molecule has 20 rings (SSSR count). The molecule has 2 spiro atoms. The van der Waals surface area contributed by atoms with Gasteiger partial charge in [0.05, 0.1) is 134 Å². The van der Waals surface area contributed by atoms with Gasteiger partial charge in [-0.2, -0.15) is 0 Å². The molecule has 24 bridgehead atoms. The van der Waals surface area contributed by atoms with Crippen molar-refractivity contribution >= 4 is 11.6 Å². The summed E-state index contributed by atoms with van der Waals surface area (Å²) in [7, 11) is 3.38. The van der Waals surface area contributed by atoms with Crippen molar-refractivity contribution in [2.24, 2.45) is 23.7 Å². The summed E-state index contributed by atoms with van der Waals surface area (Å²) in [6.07, 6.45) is 12.6. The minimum absolute atomic E-state index is 0.00556. The highest BCUT2D eigenvalue weighted by atomic mass is 16.8. The molecule has 22 nitrogen and oxygen atoms in total. The molecule has 2 N–H and O–H groups in total. The Labute approximate surface area is 614 Å². The normalized spacial score (nSPS) is 52.4. The third-order valence-corrected chi connectivity index (χ3v) is 28.4. The van der Waals surface area contributed by atoms with E-state index in [1.54, 1.807) is 14.2 Å². The summed E-state index contributed by atoms with van der Waals surface area (Å²) >= 11 is 0. The summed E-state index contributed by atoms with van der Waals surface area (Å²) in [5.41, 5.74) is 4.45. The molecule has 0 aromatic rings. The van der Waals surface area contributed by atoms with Gasteiger partial charge in [-0.3, -0.25) is 9.59 Å². The summed E-state index contributed by atoms with van der Waals surface area (Å²) in [5.74, 6) is -1.06. The van der Waals surface area contributed by atoms with Gasteiger partial charge < -0.3 is 95.5 Å². The van der Waals surface area contributed by atoms with Crippen LogP contribution in [0.5, 0.6) is 0 Å². The number of aliphatic hydroxyl groups excluding tert-OH is 2. The molecule has 0 aromatic heterocycles. The van der Waals surface area contributed by atoms with Crippen LogP contribution in [0.15, 0.2) is 48.6 Å². The molecule has 36 unspecified atom stereocenters. The smallest absolute Gasteiger partial charge is 0.172 e. The lowest BCUT2D eigenvalue weighted by molar-refractivity contribution is -0.292. The minimum atomic E-state index is -0.772. The van der Waals surface area contributed by atoms with Crippen LogP contribution in [0, 0.1) is 23.7 Å². The third-order valence-electron chi connectivity index (χ3n) is 28.4. The van der Waals surface area contributed by atoms with E-state index in [9.17, 15) is 19.8 Å². The fourth-order valence-electron chi connectivity index (χ4n) is 22.7. The van der Waals surface area contributed by atoms with Gasteiger partial charge >= 0.3 is 0 Å². The van der Waals surface area contributed by atoms with Gasteiger partial charge in [0, 0.05) is 103 Å². The monoisotopic (exact) mass is 1460 g/mol. The zero-order valence-electron chi connectivity index (χ0n) is 62.5. The zero-order chi connectivity index (χ0) is 71.8. The summed E-state index contributed by atoms with van der Waals surface area (Å²) in [5, 5.41) is 21.3. The molecule has 20 saturated heterocycles. The Morgan fingerprint density at radius 1 is 0.394 bits per heavy atom. The molecule has 20 fully saturated rings. The molecule has 22 heteroatoms. The fourth-order valence-corrected chi connectivity index (χ4v) is 22.7. The van der Waals surface area contributed by atoms with Crippen LogP contribution >= 0.6 is 0 Å². The van der Waals surface area contributed by atoms with Gasteiger partial charge in [-0.1, -0.05) is 54.0 Å². The van der Waals surface area contributed by atoms with Crippen molar-refractivity contribution in [3.63, 3.8) is 0 Å². The standard InChI is InChI=1S/2C41H60O11/c2*1-6-23(42)17-33-35(44-5)28-16-24(43)15-26-8-10-30-36(47-26)40-39-38(49-30)37-34(50-39)19-41(51-37,52-40)12-11-27-14-21(3)29(45-27)9-7-25-13-20(2)22(4)31(46-25)18-32(28)48-33/h2*20,23,25-40,42H,3-4,6-19H2,1-2,5H3/t2*20?,23?,25?,26?,27?,28?,29?,30?,31?,32?,33?,34?,35?,36?,37?,38-,39?,40?,41?/m00/s1. The number of carbonyl (C=O) groups excluding carboxylic acids is 2. The van der Waals surface area contributed by atoms with Gasteiger partial charge in [0.2, 0.25) is 0 Å². The highest BCUT2D eigenvalue weighted by Gasteiger charge is 2.71. The van der Waals surface area contributed by atoms with E-state index in [4.69, 9.17) is 85.3 Å². The van der Waals surface area contributed by atoms with Crippen molar-refractivity contribution in [2.75, 3.05) is 14.2 Å². The van der Waals surface area contributed by atoms with Crippen LogP contribution in [0.2, 0.25) is 0 Å². The van der Waals surface area contributed by atoms with Crippen LogP contribution in [-0.2, 0) is 94.9 Å². The van der Waals surface area contributed by atoms with Crippen LogP contribution in [0.4, 0.5) is 0 Å². The molecule has 20 heterocycles. The molecule has 0 saturated carbocycles. The Balaban J connectivity index is 0.000000154. The Morgan fingerprint density at radius 3 is 1.18 bits per heavy atom. The molecule has 0 aliphatic carbocycles. The van der Waals surface area contributed by atoms with E-state index in [1.807, 2.05) is 13.8 Å². The molecule has 0 radical (unpaired) electrons. The predicted molar refractivity (Wildman–Crippen MR) is 375 cm³/mol. The number of hydrogen-bond acceptors (Lipinski definition) is 22. The van der Waals surface area contributed by atoms with E-state index < -0.39 is 23.8 Å². The zero-order valence-corrected chi connectivity index (χ0v) is 62.5. The first kappa shape index (κ1) is 74.3. The molecule has 0 aromatic carbocycles. The average Bonchev–Trinajstić information content (AvgIpc) is 1.55. The molecule has 20 aliphatic rings. The summed E-state index contributed by atoms with van der Waals surface area (Å²) in [6.45, 7) is 26.3. The van der Waals surface area contributed by atoms with Gasteiger partial charge in [-0.15, -0.1) is 0 Å². The number of rotatable bonds is 8. The number of aliphatic hydroxyl groups is 2. The number of Topliss-reactive ketones (excluding diaryl/α,β-unsaturated/α-hetero) is 2. The Morgan fingerprint density at radius 2 is 0.769 bits per heavy atom. The van der Waals surface area contributed by atoms with Crippen LogP contribution in [-0.4, -0.2) is 243 Å². The second kappa shape index (κ2) is 30.2. The number of carbonyl (C=O) groups is 2. The van der Waals surface area contributed by atoms with E-state index in [-0.39, 0.29) is 207 Å². The summed E-state index contributed by atoms with van der Waals surface area (Å²) in [4.78, 5) is 28.1. The topological polar surface area (TPSA) is 241 Å². The highest BCUT2D eigenvalue weighted by Crippen LogP contribution is 2.57. The lowest BCUT2D eigenvalue weighted by atomic mass is 9.81. The van der Waals surface area contributed by atoms with Crippen molar-refractivity contribution < 1.29 is 105 Å². The van der Waals surface area contributed by atoms with E-state index >= 15 is 0 Å². The SMILES string of the molecule is C=C1CC2CCC34CC5OC6C(O3)C3OC(CCC3O[C@H]6C5O4)CC(=O)CC3C(CC4OC(CCC1O2)CC(C)C4=C)OC(CC(O)CC)C3OC.C=C1CC2CCC34CC5OC6C(O3)C3OC(CCC3O[C@H]6C5O4)CC(=O)CC3C(CC4OC(CCC1O2)CC(C)C4=C)OC(CC(O)CC)C3OC. The van der Waals surface area contributed by atoms with Crippen LogP contribution in [0.1, 0.15) is 207 Å². The van der Waals surface area contributed by atoms with E-state index in [0.717, 1.165) is 112 Å². The quantitative estimate of drug-likeness (QED) is 0.215. The predicted octanol–water partition coefficient (Wildman–Crippen LogP) is 9.78. The van der Waals surface area contributed by atoms with Gasteiger partial charge in [0.15, 0.2) is 11.6 Å². The Hall–Kier alpha value is -2.50. The van der Waals surface area contributed by atoms with E-state index in [1.165, 1.54) is 0 Å². The average molecular weight is 1460 g/mol. The van der Waals surface area contributed by atoms with E-state index in [2.05, 4.69) is 40.2 Å². The lowest BCUT2D eigenvalue weighted by Crippen LogP contribution is -2.61. The second-order valence-electron chi connectivity index (χ2n) is 35.2. The van der Waals surface area contributed by atoms with Crippen LogP contribution in [0.3, 0.4) is 0 Å². The maximum atomic E-state index is 14.1. The van der Waals surface area contributed by atoms with Crippen LogP contribution < -0.4 is 0 Å². The van der Waals surface area contributed by atoms with Gasteiger partial charge in [0.25, 0.3) is 0 Å². The molecule has 38 atom stereocenters. The Bertz CT molecular complexity index is 2950. The van der Waals surface area contributed by atoms with Gasteiger partial charge in [-0.05, 0) is 137 Å². The van der Waals surface area contributed by atoms with Crippen molar-refractivity contribution in [3.8, 4) is 0 Å². The molecular formula is C82H120O22. The van der Waals surface area contributed by atoms with Crippen molar-refractivity contribution in [1.82, 2.24) is 0 Å². The molecule has 104 heavy (non-hydrogen) atoms. The van der Waals surface area contributed by atoms with Crippen LogP contribution in [0.25, 0.3) is 0 Å². The molecular weight excluding hydrogens is 1340 g/mol. The Kier molecular flexibility index (Phi) is 21.6. The lowest BCUT2D eigenvalue weighted by Gasteiger charge is -2.47. The first-order chi connectivity index (χ1) is 50.2. The first-order valence-electron chi connectivity index (χ1n) is 40.9. The maximum Gasteiger partial charge on any atom is 0.172 e. The minimum Gasteiger partial charge on any atom is -0.393 e. The highest BCUT2D eigenvalue weighted by molar-refractivity contribution is 5.80. The van der Waals surface area contributed by atoms with Gasteiger partial charge in [-0.25, -0.2) is 0 Å². The van der Waals surface area contributed by atoms with Gasteiger partial charge in [0.1, 0.15) is 72.6 Å². The number of methoxy groups -OCH3 is 2. The molecule has 20 aliphatic heterocycles. The molecule has 0 amide bonds.